The number of nitrogens with two attached hydrogens (primary N) is 1. The van der Waals surface area contributed by atoms with Crippen molar-refractivity contribution >= 4 is 12.4 Å². The van der Waals surface area contributed by atoms with Crippen LogP contribution < -0.4 is 11.1 Å². The van der Waals surface area contributed by atoms with Crippen molar-refractivity contribution < 1.29 is 0 Å². The predicted molar refractivity (Wildman–Crippen MR) is 80.3 cm³/mol. The van der Waals surface area contributed by atoms with Gasteiger partial charge in [0, 0.05) is 13.1 Å². The van der Waals surface area contributed by atoms with Gasteiger partial charge in [0.25, 0.3) is 0 Å². The third-order valence-corrected chi connectivity index (χ3v) is 3.73. The zero-order valence-electron chi connectivity index (χ0n) is 11.2. The summed E-state index contributed by atoms with van der Waals surface area (Å²) in [5.41, 5.74) is 8.86. The van der Waals surface area contributed by atoms with Crippen LogP contribution >= 0.6 is 12.4 Å². The van der Waals surface area contributed by atoms with Crippen LogP contribution in [0, 0.1) is 0 Å². The summed E-state index contributed by atoms with van der Waals surface area (Å²) in [7, 11) is 0. The van der Waals surface area contributed by atoms with Crippen molar-refractivity contribution in [3.63, 3.8) is 0 Å². The first-order valence-electron chi connectivity index (χ1n) is 6.83. The van der Waals surface area contributed by atoms with E-state index in [2.05, 4.69) is 36.5 Å². The Hall–Kier alpha value is -0.570. The fourth-order valence-corrected chi connectivity index (χ4v) is 2.36. The standard InChI is InChI=1S/C15H24N2.ClH/c1-2-3-4-5-6-13-7-9-14(10-8-13)15(16)11-17-12-15;/h7-10,17H,2-6,11-12,16H2,1H3;1H. The molecule has 2 nitrogen and oxygen atoms in total. The molecule has 0 radical (unpaired) electrons. The first-order valence-corrected chi connectivity index (χ1v) is 6.83. The van der Waals surface area contributed by atoms with Gasteiger partial charge < -0.3 is 11.1 Å². The maximum absolute atomic E-state index is 6.25. The number of nitrogens with one attached hydrogen (secondary N) is 1. The molecule has 0 bridgehead atoms. The van der Waals surface area contributed by atoms with Gasteiger partial charge in [-0.2, -0.15) is 0 Å². The van der Waals surface area contributed by atoms with Gasteiger partial charge in [-0.25, -0.2) is 0 Å². The lowest BCUT2D eigenvalue weighted by molar-refractivity contribution is 0.287. The van der Waals surface area contributed by atoms with Crippen LogP contribution in [0.25, 0.3) is 0 Å². The number of aryl methyl sites for hydroxylation is 1. The van der Waals surface area contributed by atoms with Gasteiger partial charge in [0.05, 0.1) is 5.54 Å². The van der Waals surface area contributed by atoms with Crippen molar-refractivity contribution in [1.29, 1.82) is 0 Å². The molecule has 1 fully saturated rings. The fraction of sp³-hybridized carbons (Fsp3) is 0.600. The van der Waals surface area contributed by atoms with Gasteiger partial charge in [-0.05, 0) is 24.0 Å². The Balaban J connectivity index is 0.00000162. The van der Waals surface area contributed by atoms with E-state index in [1.165, 1.54) is 43.2 Å². The average Bonchev–Trinajstić information content (AvgIpc) is 2.33. The molecule has 0 spiro atoms. The molecule has 1 saturated heterocycles. The minimum absolute atomic E-state index is 0. The molecule has 0 aliphatic carbocycles. The zero-order chi connectivity index (χ0) is 12.1. The molecule has 0 saturated carbocycles. The van der Waals surface area contributed by atoms with Crippen LogP contribution in [0.15, 0.2) is 24.3 Å². The Morgan fingerprint density at radius 3 is 2.28 bits per heavy atom. The SMILES string of the molecule is CCCCCCc1ccc(C2(N)CNC2)cc1.Cl. The van der Waals surface area contributed by atoms with E-state index in [1.807, 2.05) is 0 Å². The van der Waals surface area contributed by atoms with Crippen LogP contribution in [0.1, 0.15) is 43.7 Å². The number of hydrogen-bond donors (Lipinski definition) is 2. The lowest BCUT2D eigenvalue weighted by Crippen LogP contribution is -2.62. The molecule has 3 heteroatoms. The normalized spacial score (nSPS) is 16.8. The van der Waals surface area contributed by atoms with Crippen LogP contribution in [0.5, 0.6) is 0 Å². The minimum Gasteiger partial charge on any atom is -0.319 e. The summed E-state index contributed by atoms with van der Waals surface area (Å²) in [6.45, 7) is 4.06. The third kappa shape index (κ3) is 3.71. The third-order valence-electron chi connectivity index (χ3n) is 3.73. The fourth-order valence-electron chi connectivity index (χ4n) is 2.36. The number of halogens is 1. The van der Waals surface area contributed by atoms with E-state index in [9.17, 15) is 0 Å². The number of unbranched alkanes of at least 4 members (excludes halogenated alkanes) is 3. The highest BCUT2D eigenvalue weighted by Crippen LogP contribution is 2.23. The molecule has 1 heterocycles. The van der Waals surface area contributed by atoms with E-state index >= 15 is 0 Å². The number of benzene rings is 1. The van der Waals surface area contributed by atoms with E-state index in [1.54, 1.807) is 0 Å². The highest BCUT2D eigenvalue weighted by Gasteiger charge is 2.33. The second-order valence-electron chi connectivity index (χ2n) is 5.27. The van der Waals surface area contributed by atoms with Gasteiger partial charge in [-0.15, -0.1) is 12.4 Å². The van der Waals surface area contributed by atoms with Crippen molar-refractivity contribution in [2.45, 2.75) is 44.6 Å². The van der Waals surface area contributed by atoms with E-state index < -0.39 is 0 Å². The highest BCUT2D eigenvalue weighted by molar-refractivity contribution is 5.85. The monoisotopic (exact) mass is 268 g/mol. The molecule has 1 aromatic carbocycles. The highest BCUT2D eigenvalue weighted by atomic mass is 35.5. The summed E-state index contributed by atoms with van der Waals surface area (Å²) < 4.78 is 0. The maximum Gasteiger partial charge on any atom is 0.0662 e. The summed E-state index contributed by atoms with van der Waals surface area (Å²) in [5.74, 6) is 0. The number of rotatable bonds is 6. The van der Waals surface area contributed by atoms with Gasteiger partial charge in [-0.1, -0.05) is 50.5 Å². The lowest BCUT2D eigenvalue weighted by atomic mass is 9.85. The summed E-state index contributed by atoms with van der Waals surface area (Å²) in [6.07, 6.45) is 6.53. The molecule has 0 atom stereocenters. The summed E-state index contributed by atoms with van der Waals surface area (Å²) in [4.78, 5) is 0. The van der Waals surface area contributed by atoms with Gasteiger partial charge in [0.15, 0.2) is 0 Å². The van der Waals surface area contributed by atoms with Crippen molar-refractivity contribution in [2.24, 2.45) is 5.73 Å². The lowest BCUT2D eigenvalue weighted by Gasteiger charge is -2.39. The van der Waals surface area contributed by atoms with Gasteiger partial charge >= 0.3 is 0 Å². The van der Waals surface area contributed by atoms with Crippen LogP contribution in [-0.2, 0) is 12.0 Å². The summed E-state index contributed by atoms with van der Waals surface area (Å²) >= 11 is 0. The zero-order valence-corrected chi connectivity index (χ0v) is 12.1. The van der Waals surface area contributed by atoms with Crippen molar-refractivity contribution in [3.8, 4) is 0 Å². The van der Waals surface area contributed by atoms with E-state index in [-0.39, 0.29) is 17.9 Å². The summed E-state index contributed by atoms with van der Waals surface area (Å²) in [5, 5.41) is 3.24. The van der Waals surface area contributed by atoms with Crippen molar-refractivity contribution in [2.75, 3.05) is 13.1 Å². The first kappa shape index (κ1) is 15.5. The molecule has 18 heavy (non-hydrogen) atoms. The smallest absolute Gasteiger partial charge is 0.0662 e. The van der Waals surface area contributed by atoms with Crippen LogP contribution in [0.3, 0.4) is 0 Å². The van der Waals surface area contributed by atoms with Crippen LogP contribution in [0.4, 0.5) is 0 Å². The Labute approximate surface area is 117 Å². The quantitative estimate of drug-likeness (QED) is 0.779. The molecule has 0 amide bonds. The van der Waals surface area contributed by atoms with Gasteiger partial charge in [-0.3, -0.25) is 0 Å². The Bertz CT molecular complexity index is 344. The van der Waals surface area contributed by atoms with E-state index in [4.69, 9.17) is 5.73 Å². The Morgan fingerprint density at radius 1 is 1.11 bits per heavy atom. The van der Waals surface area contributed by atoms with Crippen LogP contribution in [-0.4, -0.2) is 13.1 Å². The molecular weight excluding hydrogens is 244 g/mol. The second-order valence-corrected chi connectivity index (χ2v) is 5.27. The maximum atomic E-state index is 6.25. The molecule has 1 aliphatic rings. The molecule has 3 N–H and O–H groups in total. The summed E-state index contributed by atoms with van der Waals surface area (Å²) in [6, 6.07) is 8.90. The van der Waals surface area contributed by atoms with E-state index in [0.29, 0.717) is 0 Å². The van der Waals surface area contributed by atoms with Crippen molar-refractivity contribution in [1.82, 2.24) is 5.32 Å². The Morgan fingerprint density at radius 2 is 1.78 bits per heavy atom. The molecule has 0 aromatic heterocycles. The average molecular weight is 269 g/mol. The molecule has 0 unspecified atom stereocenters. The predicted octanol–water partition coefficient (Wildman–Crippen LogP) is 2.99. The molecule has 1 aromatic rings. The molecule has 1 aliphatic heterocycles. The topological polar surface area (TPSA) is 38.0 Å². The number of hydrogen-bond acceptors (Lipinski definition) is 2. The minimum atomic E-state index is -0.110. The van der Waals surface area contributed by atoms with Crippen LogP contribution in [0.2, 0.25) is 0 Å². The largest absolute Gasteiger partial charge is 0.319 e. The molecular formula is C15H25ClN2. The molecule has 102 valence electrons. The first-order chi connectivity index (χ1) is 8.24. The Kier molecular flexibility index (Phi) is 6.13. The van der Waals surface area contributed by atoms with E-state index in [0.717, 1.165) is 13.1 Å². The molecule has 2 rings (SSSR count). The van der Waals surface area contributed by atoms with Crippen molar-refractivity contribution in [3.05, 3.63) is 35.4 Å². The van der Waals surface area contributed by atoms with Gasteiger partial charge in [0.2, 0.25) is 0 Å². The second kappa shape index (κ2) is 7.13. The van der Waals surface area contributed by atoms with Gasteiger partial charge in [0.1, 0.15) is 0 Å².